The Hall–Kier alpha value is -3.85. The molecule has 2 atom stereocenters. The van der Waals surface area contributed by atoms with Crippen LogP contribution in [0.3, 0.4) is 0 Å². The first-order valence-corrected chi connectivity index (χ1v) is 13.9. The number of hydrogen-bond donors (Lipinski definition) is 6. The summed E-state index contributed by atoms with van der Waals surface area (Å²) in [5.74, 6) is -1.08. The normalized spacial score (nSPS) is 13.8. The molecular weight excluding hydrogens is 544 g/mol. The quantitative estimate of drug-likeness (QED) is 0.129. The molecule has 7 N–H and O–H groups in total. The highest BCUT2D eigenvalue weighted by Crippen LogP contribution is 2.30. The Morgan fingerprint density at radius 1 is 1.23 bits per heavy atom. The maximum Gasteiger partial charge on any atom is 0.407 e. The molecule has 0 radical (unpaired) electrons. The number of aliphatic imine (C=N–C) groups is 1. The molecular formula is C25H38N6O8S. The van der Waals surface area contributed by atoms with Gasteiger partial charge in [-0.05, 0) is 77.1 Å². The summed E-state index contributed by atoms with van der Waals surface area (Å²) in [6.45, 7) is 10.2. The number of aliphatic hydroxyl groups is 1. The van der Waals surface area contributed by atoms with E-state index in [2.05, 4.69) is 25.0 Å². The minimum Gasteiger partial charge on any atom is -0.496 e. The molecule has 0 bridgehead atoms. The second kappa shape index (κ2) is 13.0. The van der Waals surface area contributed by atoms with E-state index >= 15 is 0 Å². The predicted octanol–water partition coefficient (Wildman–Crippen LogP) is 2.04. The van der Waals surface area contributed by atoms with Crippen LogP contribution in [0, 0.1) is 20.8 Å². The first-order chi connectivity index (χ1) is 18.5. The molecule has 222 valence electrons. The molecule has 1 amide bonds. The number of nitrogens with one attached hydrogen (secondary N) is 3. The van der Waals surface area contributed by atoms with E-state index in [0.717, 1.165) is 6.20 Å². The Labute approximate surface area is 233 Å². The lowest BCUT2D eigenvalue weighted by Crippen LogP contribution is -2.42. The Balaban J connectivity index is 2.13. The van der Waals surface area contributed by atoms with Crippen molar-refractivity contribution < 1.29 is 37.7 Å². The van der Waals surface area contributed by atoms with Gasteiger partial charge in [-0.2, -0.15) is 0 Å². The zero-order valence-corrected chi connectivity index (χ0v) is 24.5. The summed E-state index contributed by atoms with van der Waals surface area (Å²) >= 11 is 0. The van der Waals surface area contributed by atoms with Crippen molar-refractivity contribution in [3.63, 3.8) is 0 Å². The Morgan fingerprint density at radius 2 is 1.88 bits per heavy atom. The third kappa shape index (κ3) is 8.58. The maximum absolute atomic E-state index is 13.0. The number of amides is 1. The second-order valence-electron chi connectivity index (χ2n) is 10.2. The lowest BCUT2D eigenvalue weighted by atomic mass is 10.0. The smallest absolute Gasteiger partial charge is 0.407 e. The van der Waals surface area contributed by atoms with Gasteiger partial charge in [-0.15, -0.1) is 0 Å². The van der Waals surface area contributed by atoms with Crippen molar-refractivity contribution in [3.8, 4) is 5.75 Å². The number of benzene rings is 1. The number of carbonyl (C=O) groups is 2. The number of carboxylic acids is 1. The second-order valence-corrected chi connectivity index (χ2v) is 11.8. The molecule has 0 saturated carbocycles. The van der Waals surface area contributed by atoms with Crippen LogP contribution < -0.4 is 20.5 Å². The monoisotopic (exact) mass is 582 g/mol. The van der Waals surface area contributed by atoms with Gasteiger partial charge < -0.3 is 35.7 Å². The first kappa shape index (κ1) is 32.4. The van der Waals surface area contributed by atoms with Crippen molar-refractivity contribution in [1.82, 2.24) is 20.0 Å². The van der Waals surface area contributed by atoms with Crippen molar-refractivity contribution in [2.75, 3.05) is 13.7 Å². The summed E-state index contributed by atoms with van der Waals surface area (Å²) < 4.78 is 38.9. The highest BCUT2D eigenvalue weighted by atomic mass is 32.2. The van der Waals surface area contributed by atoms with Gasteiger partial charge in [0.2, 0.25) is 5.96 Å². The number of aromatic carboxylic acids is 1. The van der Waals surface area contributed by atoms with E-state index in [-0.39, 0.29) is 41.8 Å². The molecule has 0 aliphatic rings. The average Bonchev–Trinajstić information content (AvgIpc) is 3.32. The van der Waals surface area contributed by atoms with Crippen molar-refractivity contribution in [2.45, 2.75) is 77.0 Å². The van der Waals surface area contributed by atoms with Gasteiger partial charge in [0.25, 0.3) is 10.0 Å². The number of aryl methyl sites for hydroxylation is 1. The molecule has 2 rings (SSSR count). The molecule has 0 fully saturated rings. The number of imidazole rings is 1. The number of carboxylic acid groups (broad SMARTS) is 1. The van der Waals surface area contributed by atoms with E-state index in [9.17, 15) is 23.1 Å². The zero-order chi connectivity index (χ0) is 30.4. The van der Waals surface area contributed by atoms with Crippen LogP contribution in [0.1, 0.15) is 72.7 Å². The van der Waals surface area contributed by atoms with E-state index in [1.165, 1.54) is 7.11 Å². The number of nitrogens with zero attached hydrogens (tertiary/aromatic N) is 2. The van der Waals surface area contributed by atoms with Gasteiger partial charge in [-0.25, -0.2) is 27.7 Å². The average molecular weight is 583 g/mol. The molecule has 0 spiro atoms. The first-order valence-electron chi connectivity index (χ1n) is 12.4. The fraction of sp³-hybridized carbons (Fsp3) is 0.520. The summed E-state index contributed by atoms with van der Waals surface area (Å²) in [5.41, 5.74) is 6.52. The van der Waals surface area contributed by atoms with E-state index in [1.807, 2.05) is 0 Å². The number of nitrogens with two attached hydrogens (primary N) is 1. The molecule has 0 saturated heterocycles. The van der Waals surface area contributed by atoms with Crippen LogP contribution in [-0.4, -0.2) is 71.9 Å². The number of aromatic amines is 1. The van der Waals surface area contributed by atoms with Gasteiger partial charge in [-0.1, -0.05) is 0 Å². The summed E-state index contributed by atoms with van der Waals surface area (Å²) in [4.78, 5) is 34.1. The minimum atomic E-state index is -4.04. The van der Waals surface area contributed by atoms with Gasteiger partial charge in [0.05, 0.1) is 24.2 Å². The van der Waals surface area contributed by atoms with Gasteiger partial charge in [0.1, 0.15) is 29.0 Å². The highest BCUT2D eigenvalue weighted by molar-refractivity contribution is 7.90. The Morgan fingerprint density at radius 3 is 2.42 bits per heavy atom. The largest absolute Gasteiger partial charge is 0.496 e. The molecule has 0 aliphatic heterocycles. The zero-order valence-electron chi connectivity index (χ0n) is 23.7. The number of ether oxygens (including phenoxy) is 2. The summed E-state index contributed by atoms with van der Waals surface area (Å²) in [5, 5.41) is 22.5. The third-order valence-corrected chi connectivity index (χ3v) is 7.49. The van der Waals surface area contributed by atoms with E-state index in [0.29, 0.717) is 22.4 Å². The van der Waals surface area contributed by atoms with Crippen LogP contribution in [0.4, 0.5) is 4.79 Å². The SMILES string of the molecule is COc1cc(C)c(S(=O)(=O)NC(N)=NCCC[C@H](NC(=O)OC(C)(C)C)C(O)c2ncc(C(=O)O)[nH]2)c(C)c1C. The third-order valence-electron chi connectivity index (χ3n) is 5.85. The number of aromatic nitrogens is 2. The molecule has 1 aromatic heterocycles. The number of guanidine groups is 1. The molecule has 1 unspecified atom stereocenters. The van der Waals surface area contributed by atoms with Gasteiger partial charge >= 0.3 is 12.1 Å². The molecule has 2 aromatic rings. The van der Waals surface area contributed by atoms with E-state index < -0.39 is 39.8 Å². The molecule has 1 aromatic carbocycles. The van der Waals surface area contributed by atoms with Crippen LogP contribution in [0.15, 0.2) is 22.2 Å². The molecule has 15 heteroatoms. The van der Waals surface area contributed by atoms with Crippen molar-refractivity contribution in [3.05, 3.63) is 40.5 Å². The topological polar surface area (TPSA) is 218 Å². The summed E-state index contributed by atoms with van der Waals surface area (Å²) in [6, 6.07) is 0.689. The van der Waals surface area contributed by atoms with Gasteiger partial charge in [0, 0.05) is 6.54 Å². The molecule has 14 nitrogen and oxygen atoms in total. The van der Waals surface area contributed by atoms with E-state index in [1.54, 1.807) is 47.6 Å². The minimum absolute atomic E-state index is 0.0473. The lowest BCUT2D eigenvalue weighted by Gasteiger charge is -2.26. The van der Waals surface area contributed by atoms with Gasteiger partial charge in [0.15, 0.2) is 0 Å². The summed E-state index contributed by atoms with van der Waals surface area (Å²) in [6.07, 6.45) is -0.742. The molecule has 0 aliphatic carbocycles. The maximum atomic E-state index is 13.0. The fourth-order valence-corrected chi connectivity index (χ4v) is 5.41. The van der Waals surface area contributed by atoms with Crippen LogP contribution in [0.25, 0.3) is 0 Å². The van der Waals surface area contributed by atoms with Crippen LogP contribution in [-0.2, 0) is 14.8 Å². The molecule has 40 heavy (non-hydrogen) atoms. The highest BCUT2D eigenvalue weighted by Gasteiger charge is 2.28. The standard InChI is InChI=1S/C25H38N6O8S/c1-13-11-18(38-7)14(2)15(3)20(13)40(36,37)31-23(26)27-10-8-9-16(30-24(35)39-25(4,5)6)19(32)21-28-12-17(29-21)22(33)34/h11-12,16,19,32H,8-10H2,1-7H3,(H,28,29)(H,30,35)(H,33,34)(H3,26,27,31)/t16-,19?/m0/s1. The molecule has 1 heterocycles. The van der Waals surface area contributed by atoms with Gasteiger partial charge in [-0.3, -0.25) is 4.99 Å². The lowest BCUT2D eigenvalue weighted by molar-refractivity contribution is 0.0402. The van der Waals surface area contributed by atoms with Crippen LogP contribution >= 0.6 is 0 Å². The number of rotatable bonds is 11. The van der Waals surface area contributed by atoms with Crippen LogP contribution in [0.5, 0.6) is 5.75 Å². The summed E-state index contributed by atoms with van der Waals surface area (Å²) in [7, 11) is -2.54. The number of carbonyl (C=O) groups excluding carboxylic acids is 1. The number of methoxy groups -OCH3 is 1. The predicted molar refractivity (Wildman–Crippen MR) is 147 cm³/mol. The fourth-order valence-electron chi connectivity index (χ4n) is 3.93. The van der Waals surface area contributed by atoms with Crippen LogP contribution in [0.2, 0.25) is 0 Å². The number of alkyl carbamates (subject to hydrolysis) is 1. The Kier molecular flexibility index (Phi) is 10.5. The van der Waals surface area contributed by atoms with Crippen molar-refractivity contribution in [2.24, 2.45) is 10.7 Å². The number of aliphatic hydroxyl groups excluding tert-OH is 1. The van der Waals surface area contributed by atoms with E-state index in [4.69, 9.17) is 20.3 Å². The van der Waals surface area contributed by atoms with Crippen molar-refractivity contribution >= 4 is 28.0 Å². The Bertz CT molecular complexity index is 1360. The van der Waals surface area contributed by atoms with Crippen molar-refractivity contribution in [1.29, 1.82) is 0 Å². The number of sulfonamides is 1. The number of H-pyrrole nitrogens is 1. The number of hydrogen-bond acceptors (Lipinski definition) is 9.